The molecule has 0 spiro atoms. The lowest BCUT2D eigenvalue weighted by Gasteiger charge is -2.14. The Morgan fingerprint density at radius 2 is 1.49 bits per heavy atom. The predicted octanol–water partition coefficient (Wildman–Crippen LogP) is 6.97. The van der Waals surface area contributed by atoms with E-state index >= 15 is 0 Å². The van der Waals surface area contributed by atoms with E-state index in [-0.39, 0.29) is 11.6 Å². The van der Waals surface area contributed by atoms with Crippen LogP contribution >= 0.6 is 11.8 Å². The predicted molar refractivity (Wildman–Crippen MR) is 163 cm³/mol. The molecular formula is C33H30FN3O3S. The van der Waals surface area contributed by atoms with E-state index in [4.69, 9.17) is 0 Å². The summed E-state index contributed by atoms with van der Waals surface area (Å²) < 4.78 is 13.4. The molecule has 4 rings (SSSR count). The molecule has 0 radical (unpaired) electrons. The van der Waals surface area contributed by atoms with Crippen LogP contribution in [0.3, 0.4) is 0 Å². The number of aryl methyl sites for hydroxylation is 2. The molecule has 0 aliphatic carbocycles. The maximum Gasteiger partial charge on any atom is 0.272 e. The molecule has 208 valence electrons. The number of amides is 3. The summed E-state index contributed by atoms with van der Waals surface area (Å²) in [6, 6.07) is 27.0. The van der Waals surface area contributed by atoms with Crippen molar-refractivity contribution in [3.05, 3.63) is 131 Å². The summed E-state index contributed by atoms with van der Waals surface area (Å²) in [7, 11) is 0. The summed E-state index contributed by atoms with van der Waals surface area (Å²) in [6.07, 6.45) is 1.48. The number of rotatable bonds is 9. The van der Waals surface area contributed by atoms with Gasteiger partial charge in [-0.05, 0) is 98.1 Å². The van der Waals surface area contributed by atoms with Crippen molar-refractivity contribution < 1.29 is 18.8 Å². The molecule has 0 fully saturated rings. The van der Waals surface area contributed by atoms with Crippen molar-refractivity contribution >= 4 is 46.9 Å². The molecule has 0 aliphatic heterocycles. The van der Waals surface area contributed by atoms with Gasteiger partial charge in [0.1, 0.15) is 11.5 Å². The Morgan fingerprint density at radius 1 is 0.780 bits per heavy atom. The Balaban J connectivity index is 1.47. The normalized spacial score (nSPS) is 11.9. The summed E-state index contributed by atoms with van der Waals surface area (Å²) >= 11 is 1.36. The molecule has 0 heterocycles. The van der Waals surface area contributed by atoms with Crippen molar-refractivity contribution in [3.63, 3.8) is 0 Å². The van der Waals surface area contributed by atoms with Gasteiger partial charge in [-0.2, -0.15) is 0 Å². The van der Waals surface area contributed by atoms with Gasteiger partial charge >= 0.3 is 0 Å². The van der Waals surface area contributed by atoms with Gasteiger partial charge in [0.05, 0.1) is 5.25 Å². The second-order valence-corrected chi connectivity index (χ2v) is 10.9. The molecule has 4 aromatic carbocycles. The van der Waals surface area contributed by atoms with Crippen molar-refractivity contribution in [1.29, 1.82) is 0 Å². The molecule has 0 aromatic heterocycles. The summed E-state index contributed by atoms with van der Waals surface area (Å²) in [4.78, 5) is 39.7. The molecule has 0 saturated carbocycles. The van der Waals surface area contributed by atoms with Crippen molar-refractivity contribution in [3.8, 4) is 0 Å². The van der Waals surface area contributed by atoms with Gasteiger partial charge in [0.15, 0.2) is 0 Å². The van der Waals surface area contributed by atoms with Crippen molar-refractivity contribution in [1.82, 2.24) is 5.32 Å². The van der Waals surface area contributed by atoms with Crippen molar-refractivity contribution in [2.45, 2.75) is 30.9 Å². The maximum atomic E-state index is 13.4. The molecule has 41 heavy (non-hydrogen) atoms. The minimum atomic E-state index is -0.554. The van der Waals surface area contributed by atoms with Crippen LogP contribution in [0.15, 0.2) is 108 Å². The van der Waals surface area contributed by atoms with Crippen molar-refractivity contribution in [2.24, 2.45) is 0 Å². The molecule has 1 unspecified atom stereocenters. The van der Waals surface area contributed by atoms with Crippen LogP contribution < -0.4 is 16.0 Å². The van der Waals surface area contributed by atoms with Gasteiger partial charge in [-0.3, -0.25) is 14.4 Å². The third-order valence-corrected chi connectivity index (χ3v) is 7.35. The van der Waals surface area contributed by atoms with Gasteiger partial charge in [-0.15, -0.1) is 11.8 Å². The standard InChI is InChI=1S/C33H30FN3O3S/c1-21-12-17-28(18-22(21)2)35-31(38)23(3)41-29-11-7-10-27(20-29)36-33(40)30(19-24-13-15-26(34)16-14-24)37-32(39)25-8-5-4-6-9-25/h4-20,23H,1-3H3,(H,35,38)(H,36,40)(H,37,39)/b30-19-. The number of nitrogens with one attached hydrogen (secondary N) is 3. The first kappa shape index (κ1) is 29.3. The second kappa shape index (κ2) is 13.6. The van der Waals surface area contributed by atoms with Crippen LogP contribution in [0.5, 0.6) is 0 Å². The highest BCUT2D eigenvalue weighted by atomic mass is 32.2. The Labute approximate surface area is 243 Å². The van der Waals surface area contributed by atoms with E-state index in [0.717, 1.165) is 21.7 Å². The van der Waals surface area contributed by atoms with E-state index in [1.165, 1.54) is 42.1 Å². The number of hydrogen-bond donors (Lipinski definition) is 3. The fourth-order valence-electron chi connectivity index (χ4n) is 3.83. The van der Waals surface area contributed by atoms with E-state index < -0.39 is 22.9 Å². The lowest BCUT2D eigenvalue weighted by atomic mass is 10.1. The molecular weight excluding hydrogens is 537 g/mol. The van der Waals surface area contributed by atoms with Crippen LogP contribution in [0.1, 0.15) is 34.0 Å². The van der Waals surface area contributed by atoms with Crippen LogP contribution in [0.2, 0.25) is 0 Å². The molecule has 4 aromatic rings. The number of carbonyl (C=O) groups is 3. The summed E-state index contributed by atoms with van der Waals surface area (Å²) in [5.41, 5.74) is 4.39. The van der Waals surface area contributed by atoms with E-state index in [1.54, 1.807) is 48.5 Å². The number of halogens is 1. The molecule has 0 saturated heterocycles. The monoisotopic (exact) mass is 567 g/mol. The van der Waals surface area contributed by atoms with Crippen LogP contribution in [0.25, 0.3) is 6.08 Å². The Kier molecular flexibility index (Phi) is 9.71. The molecule has 1 atom stereocenters. The van der Waals surface area contributed by atoms with Crippen LogP contribution in [-0.2, 0) is 9.59 Å². The molecule has 3 amide bonds. The average Bonchev–Trinajstić information content (AvgIpc) is 2.96. The fourth-order valence-corrected chi connectivity index (χ4v) is 4.76. The fraction of sp³-hybridized carbons (Fsp3) is 0.121. The zero-order chi connectivity index (χ0) is 29.4. The minimum Gasteiger partial charge on any atom is -0.325 e. The highest BCUT2D eigenvalue weighted by Gasteiger charge is 2.17. The Bertz CT molecular complexity index is 1590. The number of anilines is 2. The first-order valence-electron chi connectivity index (χ1n) is 13.0. The van der Waals surface area contributed by atoms with Crippen LogP contribution in [0, 0.1) is 19.7 Å². The van der Waals surface area contributed by atoms with Gasteiger partial charge in [-0.1, -0.05) is 42.5 Å². The number of thioether (sulfide) groups is 1. The zero-order valence-electron chi connectivity index (χ0n) is 22.9. The molecule has 6 nitrogen and oxygen atoms in total. The number of carbonyl (C=O) groups excluding carboxylic acids is 3. The van der Waals surface area contributed by atoms with Gasteiger partial charge in [0.25, 0.3) is 11.8 Å². The van der Waals surface area contributed by atoms with Gasteiger partial charge in [0.2, 0.25) is 5.91 Å². The quantitative estimate of drug-likeness (QED) is 0.151. The molecule has 8 heteroatoms. The van der Waals surface area contributed by atoms with E-state index in [9.17, 15) is 18.8 Å². The molecule has 3 N–H and O–H groups in total. The van der Waals surface area contributed by atoms with E-state index in [0.29, 0.717) is 16.8 Å². The number of benzene rings is 4. The SMILES string of the molecule is Cc1ccc(NC(=O)C(C)Sc2cccc(NC(=O)/C(=C/c3ccc(F)cc3)NC(=O)c3ccccc3)c2)cc1C. The smallest absolute Gasteiger partial charge is 0.272 e. The van der Waals surface area contributed by atoms with Crippen molar-refractivity contribution in [2.75, 3.05) is 10.6 Å². The number of hydrogen-bond acceptors (Lipinski definition) is 4. The third-order valence-electron chi connectivity index (χ3n) is 6.26. The van der Waals surface area contributed by atoms with E-state index in [1.807, 2.05) is 45.0 Å². The third kappa shape index (κ3) is 8.40. The lowest BCUT2D eigenvalue weighted by Crippen LogP contribution is -2.30. The summed E-state index contributed by atoms with van der Waals surface area (Å²) in [5.74, 6) is -1.56. The Hall–Kier alpha value is -4.69. The Morgan fingerprint density at radius 3 is 2.20 bits per heavy atom. The van der Waals surface area contributed by atoms with Crippen LogP contribution in [0.4, 0.5) is 15.8 Å². The first-order valence-corrected chi connectivity index (χ1v) is 13.9. The van der Waals surface area contributed by atoms with Gasteiger partial charge < -0.3 is 16.0 Å². The second-order valence-electron chi connectivity index (χ2n) is 9.46. The van der Waals surface area contributed by atoms with E-state index in [2.05, 4.69) is 16.0 Å². The van der Waals surface area contributed by atoms with Gasteiger partial charge in [-0.25, -0.2) is 4.39 Å². The zero-order valence-corrected chi connectivity index (χ0v) is 23.7. The summed E-state index contributed by atoms with van der Waals surface area (Å²) in [5, 5.41) is 8.03. The maximum absolute atomic E-state index is 13.4. The first-order chi connectivity index (χ1) is 19.7. The average molecular weight is 568 g/mol. The largest absolute Gasteiger partial charge is 0.325 e. The molecule has 0 bridgehead atoms. The molecule has 0 aliphatic rings. The lowest BCUT2D eigenvalue weighted by molar-refractivity contribution is -0.115. The highest BCUT2D eigenvalue weighted by molar-refractivity contribution is 8.00. The van der Waals surface area contributed by atoms with Crippen LogP contribution in [-0.4, -0.2) is 23.0 Å². The minimum absolute atomic E-state index is 0.00958. The van der Waals surface area contributed by atoms with Gasteiger partial charge in [0, 0.05) is 21.8 Å². The highest BCUT2D eigenvalue weighted by Crippen LogP contribution is 2.27. The summed E-state index contributed by atoms with van der Waals surface area (Å²) in [6.45, 7) is 5.83. The topological polar surface area (TPSA) is 87.3 Å².